The van der Waals surface area contributed by atoms with E-state index in [1.165, 1.54) is 0 Å². The number of carbonyl (C=O) groups is 2. The highest BCUT2D eigenvalue weighted by Gasteiger charge is 2.37. The van der Waals surface area contributed by atoms with Gasteiger partial charge in [-0.05, 0) is 87.5 Å². The second-order valence-electron chi connectivity index (χ2n) is 13.8. The van der Waals surface area contributed by atoms with Gasteiger partial charge >= 0.3 is 0 Å². The molecule has 2 rings (SSSR count). The largest absolute Gasteiger partial charge is 0.471 e. The number of carbonyl (C=O) groups excluding carboxylic acids is 2. The SMILES string of the molecule is CC1=C(/C=C/C(C)=C/C=C/C(C)=C/C=C/C=C(C)/C=C/C=C(C)/C=C/C2=C(C)C(=O)C(O)CC2(C)C)C(C)(C)CC(O)C1=O.[SiH3]O[SiH3]. The van der Waals surface area contributed by atoms with E-state index in [9.17, 15) is 19.8 Å². The Morgan fingerprint density at radius 1 is 0.617 bits per heavy atom. The van der Waals surface area contributed by atoms with Gasteiger partial charge in [-0.1, -0.05) is 135 Å². The Kier molecular flexibility index (Phi) is 17.4. The standard InChI is InChI=1S/C40H52O4.H6OSi2/c1-27(17-13-19-29(3)21-23-33-31(5)37(43)35(41)25-39(33,7)8)15-11-12-16-28(2)18-14-20-30(4)22-24-34-32(6)38(44)36(42)26-40(34,9)10;2-1-3/h11-24,35-36,41-42H,25-26H2,1-10H3;2-3H3/b12-11+,17-13+,18-14+,23-21+,24-22+,27-15+,28-16+,29-19+,30-20+;. The van der Waals surface area contributed by atoms with Gasteiger partial charge in [0, 0.05) is 0 Å². The molecular weight excluding hydrogens is 617 g/mol. The predicted molar refractivity (Wildman–Crippen MR) is 206 cm³/mol. The van der Waals surface area contributed by atoms with E-state index in [1.54, 1.807) is 13.8 Å². The Labute approximate surface area is 290 Å². The van der Waals surface area contributed by atoms with Crippen molar-refractivity contribution in [2.24, 2.45) is 10.8 Å². The molecule has 0 fully saturated rings. The molecule has 2 atom stereocenters. The van der Waals surface area contributed by atoms with Crippen LogP contribution in [-0.2, 0) is 13.7 Å². The van der Waals surface area contributed by atoms with Gasteiger partial charge in [0.05, 0.1) is 0 Å². The van der Waals surface area contributed by atoms with E-state index in [0.29, 0.717) is 24.0 Å². The molecule has 2 aliphatic rings. The molecule has 0 saturated carbocycles. The average Bonchev–Trinajstić information content (AvgIpc) is 2.96. The van der Waals surface area contributed by atoms with E-state index in [1.807, 2.05) is 74.6 Å². The van der Waals surface area contributed by atoms with E-state index in [4.69, 9.17) is 0 Å². The maximum atomic E-state index is 12.2. The summed E-state index contributed by atoms with van der Waals surface area (Å²) in [4.78, 5) is 24.5. The molecule has 47 heavy (non-hydrogen) atoms. The number of hydrogen-bond acceptors (Lipinski definition) is 5. The third-order valence-electron chi connectivity index (χ3n) is 8.31. The Morgan fingerprint density at radius 3 is 1.21 bits per heavy atom. The first kappa shape index (κ1) is 41.8. The first-order valence-electron chi connectivity index (χ1n) is 16.2. The van der Waals surface area contributed by atoms with Crippen molar-refractivity contribution in [3.05, 3.63) is 130 Å². The third-order valence-corrected chi connectivity index (χ3v) is 8.31. The molecule has 0 aromatic heterocycles. The van der Waals surface area contributed by atoms with Gasteiger partial charge in [0.1, 0.15) is 33.2 Å². The summed E-state index contributed by atoms with van der Waals surface area (Å²) in [6.45, 7) is 20.0. The maximum absolute atomic E-state index is 12.2. The predicted octanol–water partition coefficient (Wildman–Crippen LogP) is 6.47. The molecule has 0 spiro atoms. The number of aliphatic hydroxyl groups is 2. The van der Waals surface area contributed by atoms with Crippen LogP contribution in [0.4, 0.5) is 0 Å². The van der Waals surface area contributed by atoms with Crippen LogP contribution in [0.2, 0.25) is 0 Å². The number of allylic oxidation sites excluding steroid dienone is 20. The van der Waals surface area contributed by atoms with Crippen molar-refractivity contribution in [3.63, 3.8) is 0 Å². The summed E-state index contributed by atoms with van der Waals surface area (Å²) in [5.74, 6) is -0.350. The van der Waals surface area contributed by atoms with Gasteiger partial charge in [-0.15, -0.1) is 0 Å². The first-order valence-corrected chi connectivity index (χ1v) is 17.9. The van der Waals surface area contributed by atoms with Crippen LogP contribution in [-0.4, -0.2) is 55.0 Å². The fraction of sp³-hybridized carbons (Fsp3) is 0.400. The van der Waals surface area contributed by atoms with Gasteiger partial charge in [0.25, 0.3) is 0 Å². The zero-order chi connectivity index (χ0) is 35.9. The Bertz CT molecular complexity index is 1370. The summed E-state index contributed by atoms with van der Waals surface area (Å²) in [6, 6.07) is 0. The molecule has 0 aliphatic heterocycles. The van der Waals surface area contributed by atoms with E-state index < -0.39 is 12.2 Å². The summed E-state index contributed by atoms with van der Waals surface area (Å²) in [5.41, 5.74) is 7.16. The molecule has 0 aromatic carbocycles. The van der Waals surface area contributed by atoms with Crippen molar-refractivity contribution in [1.29, 1.82) is 0 Å². The van der Waals surface area contributed by atoms with Crippen LogP contribution >= 0.6 is 0 Å². The lowest BCUT2D eigenvalue weighted by molar-refractivity contribution is -0.126. The second kappa shape index (κ2) is 19.6. The van der Waals surface area contributed by atoms with Gasteiger partial charge < -0.3 is 14.3 Å². The van der Waals surface area contributed by atoms with Gasteiger partial charge in [-0.3, -0.25) is 9.59 Å². The lowest BCUT2D eigenvalue weighted by atomic mass is 9.71. The minimum atomic E-state index is -0.907. The molecule has 2 unspecified atom stereocenters. The van der Waals surface area contributed by atoms with Crippen LogP contribution in [0.3, 0.4) is 0 Å². The smallest absolute Gasteiger partial charge is 0.187 e. The highest BCUT2D eigenvalue weighted by atomic mass is 28.3. The molecule has 0 aromatic rings. The van der Waals surface area contributed by atoms with E-state index >= 15 is 0 Å². The molecule has 256 valence electrons. The number of Topliss-reactive ketones (excluding diaryl/α,β-unsaturated/α-hetero) is 2. The number of hydrogen-bond donors (Lipinski definition) is 2. The average molecular weight is 675 g/mol. The fourth-order valence-electron chi connectivity index (χ4n) is 5.62. The number of aliphatic hydroxyl groups excluding tert-OH is 2. The van der Waals surface area contributed by atoms with Crippen LogP contribution in [0.5, 0.6) is 0 Å². The summed E-state index contributed by atoms with van der Waals surface area (Å²) in [6.07, 6.45) is 27.5. The molecule has 2 aliphatic carbocycles. The zero-order valence-corrected chi connectivity index (χ0v) is 34.8. The Balaban J connectivity index is 0.00000354. The quantitative estimate of drug-likeness (QED) is 0.205. The monoisotopic (exact) mass is 674 g/mol. The fourth-order valence-corrected chi connectivity index (χ4v) is 5.62. The highest BCUT2D eigenvalue weighted by molar-refractivity contribution is 6.15. The first-order chi connectivity index (χ1) is 21.9. The van der Waals surface area contributed by atoms with Crippen molar-refractivity contribution in [3.8, 4) is 0 Å². The molecule has 0 bridgehead atoms. The van der Waals surface area contributed by atoms with E-state index in [0.717, 1.165) is 54.4 Å². The number of ketones is 2. The molecule has 0 heterocycles. The van der Waals surface area contributed by atoms with Crippen LogP contribution < -0.4 is 0 Å². The molecule has 0 amide bonds. The summed E-state index contributed by atoms with van der Waals surface area (Å²) < 4.78 is 4.53. The molecule has 5 nitrogen and oxygen atoms in total. The minimum Gasteiger partial charge on any atom is -0.471 e. The molecule has 2 N–H and O–H groups in total. The lowest BCUT2D eigenvalue weighted by Gasteiger charge is -2.34. The molecule has 7 heteroatoms. The summed E-state index contributed by atoms with van der Waals surface area (Å²) >= 11 is 0. The van der Waals surface area contributed by atoms with E-state index in [-0.39, 0.29) is 22.4 Å². The zero-order valence-electron chi connectivity index (χ0n) is 30.8. The topological polar surface area (TPSA) is 83.8 Å². The van der Waals surface area contributed by atoms with Crippen molar-refractivity contribution in [2.75, 3.05) is 0 Å². The van der Waals surface area contributed by atoms with Gasteiger partial charge in [0.2, 0.25) is 0 Å². The second-order valence-corrected chi connectivity index (χ2v) is 17.1. The van der Waals surface area contributed by atoms with Crippen LogP contribution in [0.1, 0.15) is 82.1 Å². The van der Waals surface area contributed by atoms with Crippen LogP contribution in [0, 0.1) is 10.8 Å². The third kappa shape index (κ3) is 13.8. The van der Waals surface area contributed by atoms with Crippen LogP contribution in [0.15, 0.2) is 130 Å². The van der Waals surface area contributed by atoms with E-state index in [2.05, 4.69) is 70.0 Å². The Morgan fingerprint density at radius 2 is 0.894 bits per heavy atom. The molecule has 0 radical (unpaired) electrons. The van der Waals surface area contributed by atoms with Gasteiger partial charge in [0.15, 0.2) is 11.6 Å². The molecular formula is C40H58O5Si2. The normalized spacial score (nSPS) is 23.5. The summed E-state index contributed by atoms with van der Waals surface area (Å²) in [7, 11) is 1.86. The van der Waals surface area contributed by atoms with Crippen molar-refractivity contribution >= 4 is 32.5 Å². The van der Waals surface area contributed by atoms with Crippen molar-refractivity contribution in [1.82, 2.24) is 0 Å². The Hall–Kier alpha value is -3.21. The van der Waals surface area contributed by atoms with Gasteiger partial charge in [-0.2, -0.15) is 0 Å². The van der Waals surface area contributed by atoms with Crippen molar-refractivity contribution in [2.45, 2.75) is 94.3 Å². The minimum absolute atomic E-state index is 0.175. The lowest BCUT2D eigenvalue weighted by Crippen LogP contribution is -2.35. The molecule has 0 saturated heterocycles. The highest BCUT2D eigenvalue weighted by Crippen LogP contribution is 2.40. The maximum Gasteiger partial charge on any atom is 0.187 e. The van der Waals surface area contributed by atoms with Crippen molar-refractivity contribution < 1.29 is 23.9 Å². The number of rotatable bonds is 10. The van der Waals surface area contributed by atoms with Crippen LogP contribution in [0.25, 0.3) is 0 Å². The van der Waals surface area contributed by atoms with Gasteiger partial charge in [-0.25, -0.2) is 0 Å². The summed E-state index contributed by atoms with van der Waals surface area (Å²) in [5, 5.41) is 20.0.